The Kier molecular flexibility index (Phi) is 7.00. The summed E-state index contributed by atoms with van der Waals surface area (Å²) < 4.78 is 5.41. The first-order valence-electron chi connectivity index (χ1n) is 5.28. The third-order valence-corrected chi connectivity index (χ3v) is 3.01. The van der Waals surface area contributed by atoms with E-state index in [1.165, 1.54) is 0 Å². The number of hydrogen-bond acceptors (Lipinski definition) is 2. The van der Waals surface area contributed by atoms with E-state index >= 15 is 0 Å². The molecule has 0 N–H and O–H groups in total. The Balaban J connectivity index is 3.93. The summed E-state index contributed by atoms with van der Waals surface area (Å²) in [4.78, 5) is 2.47. The summed E-state index contributed by atoms with van der Waals surface area (Å²) in [7, 11) is 1.78. The first-order valence-corrected chi connectivity index (χ1v) is 6.40. The highest BCUT2D eigenvalue weighted by Gasteiger charge is 2.18. The summed E-state index contributed by atoms with van der Waals surface area (Å²) in [5.74, 6) is 0. The van der Waals surface area contributed by atoms with Crippen molar-refractivity contribution in [2.24, 2.45) is 0 Å². The Bertz CT molecular complexity index is 148. The molecule has 0 radical (unpaired) electrons. The molecule has 0 saturated carbocycles. The van der Waals surface area contributed by atoms with Gasteiger partial charge < -0.3 is 9.64 Å². The van der Waals surface area contributed by atoms with Crippen LogP contribution in [0.25, 0.3) is 0 Å². The zero-order valence-corrected chi connectivity index (χ0v) is 11.7. The molecule has 0 aliphatic rings. The van der Waals surface area contributed by atoms with Gasteiger partial charge in [0.2, 0.25) is 0 Å². The molecule has 0 unspecified atom stereocenters. The second kappa shape index (κ2) is 6.81. The van der Waals surface area contributed by atoms with Crippen molar-refractivity contribution in [3.05, 3.63) is 0 Å². The molecule has 0 fully saturated rings. The highest BCUT2D eigenvalue weighted by atomic mass is 79.9. The standard InChI is InChI=1S/C11H24BrNO/c1-10(2)13(9-7-12)8-6-11(3,4)14-5/h10H,6-9H2,1-5H3. The van der Waals surface area contributed by atoms with Gasteiger partial charge in [0, 0.05) is 31.6 Å². The van der Waals surface area contributed by atoms with Crippen LogP contribution < -0.4 is 0 Å². The predicted octanol–water partition coefficient (Wildman–Crippen LogP) is 2.91. The van der Waals surface area contributed by atoms with E-state index in [1.54, 1.807) is 7.11 Å². The average molecular weight is 266 g/mol. The van der Waals surface area contributed by atoms with Crippen molar-refractivity contribution in [2.75, 3.05) is 25.5 Å². The van der Waals surface area contributed by atoms with E-state index in [1.807, 2.05) is 0 Å². The molecule has 0 amide bonds. The van der Waals surface area contributed by atoms with Crippen molar-refractivity contribution in [3.63, 3.8) is 0 Å². The first kappa shape index (κ1) is 14.4. The summed E-state index contributed by atoms with van der Waals surface area (Å²) in [6.45, 7) is 11.0. The largest absolute Gasteiger partial charge is 0.379 e. The van der Waals surface area contributed by atoms with Gasteiger partial charge in [0.25, 0.3) is 0 Å². The minimum atomic E-state index is -0.000543. The molecular weight excluding hydrogens is 242 g/mol. The second-order valence-electron chi connectivity index (χ2n) is 4.53. The number of rotatable bonds is 7. The summed E-state index contributed by atoms with van der Waals surface area (Å²) in [5.41, 5.74) is -0.000543. The summed E-state index contributed by atoms with van der Waals surface area (Å²) in [6.07, 6.45) is 1.08. The third-order valence-electron chi connectivity index (χ3n) is 2.66. The number of halogens is 1. The van der Waals surface area contributed by atoms with E-state index in [9.17, 15) is 0 Å². The maximum atomic E-state index is 5.41. The van der Waals surface area contributed by atoms with Gasteiger partial charge in [0.05, 0.1) is 5.60 Å². The number of ether oxygens (including phenoxy) is 1. The lowest BCUT2D eigenvalue weighted by Gasteiger charge is -2.30. The SMILES string of the molecule is COC(C)(C)CCN(CCBr)C(C)C. The van der Waals surface area contributed by atoms with Gasteiger partial charge in [-0.3, -0.25) is 0 Å². The monoisotopic (exact) mass is 265 g/mol. The van der Waals surface area contributed by atoms with Crippen LogP contribution in [0.15, 0.2) is 0 Å². The van der Waals surface area contributed by atoms with E-state index in [0.717, 1.165) is 24.8 Å². The molecule has 14 heavy (non-hydrogen) atoms. The lowest BCUT2D eigenvalue weighted by atomic mass is 10.0. The fourth-order valence-corrected chi connectivity index (χ4v) is 1.71. The van der Waals surface area contributed by atoms with Crippen molar-refractivity contribution < 1.29 is 4.74 Å². The van der Waals surface area contributed by atoms with Crippen LogP contribution in [0.2, 0.25) is 0 Å². The van der Waals surface area contributed by atoms with Crippen LogP contribution in [-0.4, -0.2) is 42.1 Å². The van der Waals surface area contributed by atoms with Crippen molar-refractivity contribution in [1.29, 1.82) is 0 Å². The minimum Gasteiger partial charge on any atom is -0.379 e. The molecule has 0 aromatic carbocycles. The molecule has 0 atom stereocenters. The van der Waals surface area contributed by atoms with Gasteiger partial charge in [-0.1, -0.05) is 15.9 Å². The molecule has 0 heterocycles. The van der Waals surface area contributed by atoms with Crippen molar-refractivity contribution in [3.8, 4) is 0 Å². The maximum absolute atomic E-state index is 5.41. The summed E-state index contributed by atoms with van der Waals surface area (Å²) in [5, 5.41) is 1.04. The summed E-state index contributed by atoms with van der Waals surface area (Å²) >= 11 is 3.48. The van der Waals surface area contributed by atoms with Crippen LogP contribution in [0.5, 0.6) is 0 Å². The number of hydrogen-bond donors (Lipinski definition) is 0. The van der Waals surface area contributed by atoms with E-state index in [-0.39, 0.29) is 5.60 Å². The van der Waals surface area contributed by atoms with Crippen LogP contribution >= 0.6 is 15.9 Å². The minimum absolute atomic E-state index is 0.000543. The van der Waals surface area contributed by atoms with Gasteiger partial charge in [-0.15, -0.1) is 0 Å². The highest BCUT2D eigenvalue weighted by molar-refractivity contribution is 9.09. The molecule has 0 aromatic rings. The van der Waals surface area contributed by atoms with E-state index < -0.39 is 0 Å². The van der Waals surface area contributed by atoms with Crippen LogP contribution in [-0.2, 0) is 4.74 Å². The van der Waals surface area contributed by atoms with Crippen LogP contribution in [0, 0.1) is 0 Å². The Morgan fingerprint density at radius 2 is 1.86 bits per heavy atom. The molecule has 86 valence electrons. The Morgan fingerprint density at radius 1 is 1.29 bits per heavy atom. The lowest BCUT2D eigenvalue weighted by molar-refractivity contribution is 0.00570. The van der Waals surface area contributed by atoms with Gasteiger partial charge >= 0.3 is 0 Å². The van der Waals surface area contributed by atoms with Crippen LogP contribution in [0.3, 0.4) is 0 Å². The molecule has 0 spiro atoms. The van der Waals surface area contributed by atoms with Crippen molar-refractivity contribution in [2.45, 2.75) is 45.8 Å². The molecule has 0 rings (SSSR count). The molecule has 3 heteroatoms. The van der Waals surface area contributed by atoms with E-state index in [0.29, 0.717) is 6.04 Å². The molecule has 0 aliphatic carbocycles. The molecule has 0 bridgehead atoms. The van der Waals surface area contributed by atoms with Crippen molar-refractivity contribution in [1.82, 2.24) is 4.90 Å². The molecule has 0 aliphatic heterocycles. The van der Waals surface area contributed by atoms with E-state index in [2.05, 4.69) is 48.5 Å². The zero-order chi connectivity index (χ0) is 11.2. The molecular formula is C11H24BrNO. The Hall–Kier alpha value is 0.400. The fourth-order valence-electron chi connectivity index (χ4n) is 1.25. The lowest BCUT2D eigenvalue weighted by Crippen LogP contribution is -2.37. The molecule has 0 saturated heterocycles. The predicted molar refractivity (Wildman–Crippen MR) is 66.2 cm³/mol. The maximum Gasteiger partial charge on any atom is 0.0634 e. The number of alkyl halides is 1. The number of methoxy groups -OCH3 is 1. The van der Waals surface area contributed by atoms with Crippen LogP contribution in [0.1, 0.15) is 34.1 Å². The first-order chi connectivity index (χ1) is 6.43. The average Bonchev–Trinajstić information content (AvgIpc) is 2.12. The van der Waals surface area contributed by atoms with Gasteiger partial charge in [0.1, 0.15) is 0 Å². The topological polar surface area (TPSA) is 12.5 Å². The van der Waals surface area contributed by atoms with Gasteiger partial charge in [0.15, 0.2) is 0 Å². The van der Waals surface area contributed by atoms with Gasteiger partial charge in [-0.25, -0.2) is 0 Å². The van der Waals surface area contributed by atoms with Crippen LogP contribution in [0.4, 0.5) is 0 Å². The smallest absolute Gasteiger partial charge is 0.0634 e. The highest BCUT2D eigenvalue weighted by Crippen LogP contribution is 2.14. The van der Waals surface area contributed by atoms with E-state index in [4.69, 9.17) is 4.74 Å². The Labute approximate surface area is 97.1 Å². The quantitative estimate of drug-likeness (QED) is 0.657. The zero-order valence-electron chi connectivity index (χ0n) is 10.1. The molecule has 0 aromatic heterocycles. The second-order valence-corrected chi connectivity index (χ2v) is 5.33. The van der Waals surface area contributed by atoms with Crippen molar-refractivity contribution >= 4 is 15.9 Å². The summed E-state index contributed by atoms with van der Waals surface area (Å²) in [6, 6.07) is 0.611. The third kappa shape index (κ3) is 5.99. The Morgan fingerprint density at radius 3 is 2.21 bits per heavy atom. The van der Waals surface area contributed by atoms with Gasteiger partial charge in [-0.05, 0) is 34.1 Å². The number of nitrogens with zero attached hydrogens (tertiary/aromatic N) is 1. The normalized spacial score (nSPS) is 12.9. The van der Waals surface area contributed by atoms with Gasteiger partial charge in [-0.2, -0.15) is 0 Å². The fraction of sp³-hybridized carbons (Fsp3) is 1.00. The molecule has 2 nitrogen and oxygen atoms in total.